The van der Waals surface area contributed by atoms with Crippen LogP contribution in [0.15, 0.2) is 24.3 Å². The molecule has 1 aromatic rings. The predicted molar refractivity (Wildman–Crippen MR) is 56.6 cm³/mol. The molecule has 0 unspecified atom stereocenters. The molecule has 0 heterocycles. The van der Waals surface area contributed by atoms with Crippen molar-refractivity contribution in [2.24, 2.45) is 0 Å². The third-order valence-electron chi connectivity index (χ3n) is 1.40. The van der Waals surface area contributed by atoms with Crippen molar-refractivity contribution < 1.29 is 9.47 Å². The second-order valence-electron chi connectivity index (χ2n) is 3.14. The van der Waals surface area contributed by atoms with Crippen LogP contribution in [-0.2, 0) is 0 Å². The number of rotatable bonds is 3. The van der Waals surface area contributed by atoms with Crippen molar-refractivity contribution in [3.63, 3.8) is 0 Å². The molecular weight excluding hydrogens is 232 g/mol. The molecule has 0 spiro atoms. The number of hydrogen-bond donors (Lipinski definition) is 0. The Balaban J connectivity index is 2.78. The van der Waals surface area contributed by atoms with Crippen molar-refractivity contribution in [2.75, 3.05) is 7.11 Å². The molecule has 0 saturated heterocycles. The summed E-state index contributed by atoms with van der Waals surface area (Å²) in [7, 11) is 1.64. The topological polar surface area (TPSA) is 18.5 Å². The molecule has 2 nitrogen and oxygen atoms in total. The molecule has 0 N–H and O–H groups in total. The van der Waals surface area contributed by atoms with E-state index in [2.05, 4.69) is 15.9 Å². The number of halogens is 1. The molecule has 0 radical (unpaired) electrons. The summed E-state index contributed by atoms with van der Waals surface area (Å²) in [4.78, 5) is 0. The molecule has 72 valence electrons. The molecule has 0 aliphatic heterocycles. The van der Waals surface area contributed by atoms with Gasteiger partial charge in [0.2, 0.25) is 0 Å². The van der Waals surface area contributed by atoms with Crippen molar-refractivity contribution in [3.05, 3.63) is 24.3 Å². The van der Waals surface area contributed by atoms with Crippen LogP contribution in [-0.4, -0.2) is 11.6 Å². The zero-order valence-electron chi connectivity index (χ0n) is 8.00. The summed E-state index contributed by atoms with van der Waals surface area (Å²) in [6, 6.07) is 7.52. The van der Waals surface area contributed by atoms with Gasteiger partial charge in [0.05, 0.1) is 7.11 Å². The number of alkyl halides is 1. The van der Waals surface area contributed by atoms with Crippen LogP contribution in [0.5, 0.6) is 11.5 Å². The Hall–Kier alpha value is -0.700. The van der Waals surface area contributed by atoms with Crippen LogP contribution >= 0.6 is 15.9 Å². The zero-order chi connectivity index (χ0) is 9.90. The lowest BCUT2D eigenvalue weighted by Crippen LogP contribution is -2.18. The summed E-state index contributed by atoms with van der Waals surface area (Å²) in [5, 5.41) is 0. The van der Waals surface area contributed by atoms with Crippen molar-refractivity contribution in [2.45, 2.75) is 18.4 Å². The van der Waals surface area contributed by atoms with E-state index in [-0.39, 0.29) is 4.51 Å². The largest absolute Gasteiger partial charge is 0.497 e. The highest BCUT2D eigenvalue weighted by molar-refractivity contribution is 9.10. The van der Waals surface area contributed by atoms with Crippen molar-refractivity contribution in [3.8, 4) is 11.5 Å². The minimum atomic E-state index is -0.348. The van der Waals surface area contributed by atoms with Gasteiger partial charge in [0, 0.05) is 6.07 Å². The van der Waals surface area contributed by atoms with Crippen LogP contribution in [0, 0.1) is 0 Å². The van der Waals surface area contributed by atoms with E-state index < -0.39 is 0 Å². The minimum absolute atomic E-state index is 0.348. The first-order valence-corrected chi connectivity index (χ1v) is 4.82. The zero-order valence-corrected chi connectivity index (χ0v) is 9.59. The van der Waals surface area contributed by atoms with E-state index in [1.807, 2.05) is 38.1 Å². The summed E-state index contributed by atoms with van der Waals surface area (Å²) in [6.07, 6.45) is 0. The van der Waals surface area contributed by atoms with Gasteiger partial charge in [0.15, 0.2) is 4.51 Å². The second kappa shape index (κ2) is 4.01. The molecule has 1 rings (SSSR count). The highest BCUT2D eigenvalue weighted by Gasteiger charge is 2.13. The normalized spacial score (nSPS) is 11.1. The summed E-state index contributed by atoms with van der Waals surface area (Å²) >= 11 is 3.40. The molecule has 3 heteroatoms. The summed E-state index contributed by atoms with van der Waals surface area (Å²) in [5.74, 6) is 1.59. The molecule has 13 heavy (non-hydrogen) atoms. The average Bonchev–Trinajstić information content (AvgIpc) is 2.01. The molecule has 0 aromatic heterocycles. The highest BCUT2D eigenvalue weighted by atomic mass is 79.9. The number of benzene rings is 1. The minimum Gasteiger partial charge on any atom is -0.497 e. The molecule has 0 aliphatic carbocycles. The number of ether oxygens (including phenoxy) is 2. The van der Waals surface area contributed by atoms with Crippen LogP contribution in [0.25, 0.3) is 0 Å². The maximum atomic E-state index is 5.58. The molecule has 0 bridgehead atoms. The molecule has 1 aromatic carbocycles. The molecule has 0 fully saturated rings. The Morgan fingerprint density at radius 1 is 1.23 bits per heavy atom. The highest BCUT2D eigenvalue weighted by Crippen LogP contribution is 2.25. The van der Waals surface area contributed by atoms with E-state index in [1.54, 1.807) is 7.11 Å². The van der Waals surface area contributed by atoms with Gasteiger partial charge in [-0.1, -0.05) is 6.07 Å². The molecule has 0 amide bonds. The van der Waals surface area contributed by atoms with Gasteiger partial charge in [0.1, 0.15) is 11.5 Å². The second-order valence-corrected chi connectivity index (χ2v) is 5.05. The summed E-state index contributed by atoms with van der Waals surface area (Å²) < 4.78 is 10.3. The lowest BCUT2D eigenvalue weighted by Gasteiger charge is -2.19. The van der Waals surface area contributed by atoms with Crippen LogP contribution in [0.4, 0.5) is 0 Å². The standard InChI is InChI=1S/C10H13BrO2/c1-10(2,11)13-9-6-4-5-8(7-9)12-3/h4-7H,1-3H3. The maximum absolute atomic E-state index is 5.58. The molecular formula is C10H13BrO2. The van der Waals surface area contributed by atoms with Gasteiger partial charge in [0.25, 0.3) is 0 Å². The maximum Gasteiger partial charge on any atom is 0.157 e. The van der Waals surface area contributed by atoms with Gasteiger partial charge in [-0.05, 0) is 41.9 Å². The predicted octanol–water partition coefficient (Wildman–Crippen LogP) is 3.21. The van der Waals surface area contributed by atoms with E-state index in [0.29, 0.717) is 0 Å². The van der Waals surface area contributed by atoms with Crippen molar-refractivity contribution in [1.82, 2.24) is 0 Å². The van der Waals surface area contributed by atoms with Gasteiger partial charge in [-0.25, -0.2) is 0 Å². The Morgan fingerprint density at radius 2 is 1.85 bits per heavy atom. The fourth-order valence-electron chi connectivity index (χ4n) is 0.945. The van der Waals surface area contributed by atoms with Crippen LogP contribution in [0.2, 0.25) is 0 Å². The van der Waals surface area contributed by atoms with E-state index in [9.17, 15) is 0 Å². The fraction of sp³-hybridized carbons (Fsp3) is 0.400. The van der Waals surface area contributed by atoms with Crippen LogP contribution in [0.3, 0.4) is 0 Å². The summed E-state index contributed by atoms with van der Waals surface area (Å²) in [5.41, 5.74) is 0. The SMILES string of the molecule is COc1cccc(OC(C)(C)Br)c1. The smallest absolute Gasteiger partial charge is 0.157 e. The van der Waals surface area contributed by atoms with Crippen LogP contribution < -0.4 is 9.47 Å². The first-order valence-electron chi connectivity index (χ1n) is 4.03. The van der Waals surface area contributed by atoms with E-state index in [1.165, 1.54) is 0 Å². The first-order chi connectivity index (χ1) is 6.01. The van der Waals surface area contributed by atoms with Crippen molar-refractivity contribution in [1.29, 1.82) is 0 Å². The fourth-order valence-corrected chi connectivity index (χ4v) is 1.13. The quantitative estimate of drug-likeness (QED) is 0.761. The monoisotopic (exact) mass is 244 g/mol. The van der Waals surface area contributed by atoms with Gasteiger partial charge in [-0.2, -0.15) is 0 Å². The first kappa shape index (κ1) is 10.4. The molecule has 0 atom stereocenters. The van der Waals surface area contributed by atoms with Crippen molar-refractivity contribution >= 4 is 15.9 Å². The summed E-state index contributed by atoms with van der Waals surface area (Å²) in [6.45, 7) is 3.87. The Bertz CT molecular complexity index is 278. The van der Waals surface area contributed by atoms with E-state index in [4.69, 9.17) is 9.47 Å². The lowest BCUT2D eigenvalue weighted by atomic mass is 10.3. The van der Waals surface area contributed by atoms with Crippen LogP contribution in [0.1, 0.15) is 13.8 Å². The number of hydrogen-bond acceptors (Lipinski definition) is 2. The average molecular weight is 245 g/mol. The Morgan fingerprint density at radius 3 is 2.38 bits per heavy atom. The third-order valence-corrected chi connectivity index (χ3v) is 1.56. The van der Waals surface area contributed by atoms with Gasteiger partial charge in [-0.3, -0.25) is 0 Å². The lowest BCUT2D eigenvalue weighted by molar-refractivity contribution is 0.214. The van der Waals surface area contributed by atoms with Gasteiger partial charge in [-0.15, -0.1) is 0 Å². The number of methoxy groups -OCH3 is 1. The van der Waals surface area contributed by atoms with E-state index in [0.717, 1.165) is 11.5 Å². The van der Waals surface area contributed by atoms with E-state index >= 15 is 0 Å². The van der Waals surface area contributed by atoms with Gasteiger partial charge < -0.3 is 9.47 Å². The Labute approximate surface area is 87.0 Å². The Kier molecular flexibility index (Phi) is 3.20. The third kappa shape index (κ3) is 3.68. The van der Waals surface area contributed by atoms with Gasteiger partial charge >= 0.3 is 0 Å². The molecule has 0 aliphatic rings. The molecule has 0 saturated carbocycles.